The van der Waals surface area contributed by atoms with Gasteiger partial charge in [0, 0.05) is 17.1 Å². The summed E-state index contributed by atoms with van der Waals surface area (Å²) in [5.74, 6) is 0. The lowest BCUT2D eigenvalue weighted by molar-refractivity contribution is 1.28. The number of hydrogen-bond acceptors (Lipinski definition) is 1. The molecule has 0 N–H and O–H groups in total. The van der Waals surface area contributed by atoms with Crippen molar-refractivity contribution in [1.29, 1.82) is 0 Å². The molecule has 0 radical (unpaired) electrons. The number of para-hydroxylation sites is 1. The first-order valence-electron chi connectivity index (χ1n) is 16.9. The fraction of sp³-hybridized carbons (Fsp3) is 0. The predicted molar refractivity (Wildman–Crippen MR) is 210 cm³/mol. The fourth-order valence-electron chi connectivity index (χ4n) is 7.30. The van der Waals surface area contributed by atoms with E-state index in [4.69, 9.17) is 0 Å². The quantitative estimate of drug-likeness (QED) is 0.167. The average Bonchev–Trinajstić information content (AvgIpc) is 3.19. The van der Waals surface area contributed by atoms with Crippen molar-refractivity contribution in [2.45, 2.75) is 0 Å². The van der Waals surface area contributed by atoms with Crippen LogP contribution in [0.2, 0.25) is 0 Å². The molecule has 0 saturated carbocycles. The first-order chi connectivity index (χ1) is 24.3. The topological polar surface area (TPSA) is 3.24 Å². The Morgan fingerprint density at radius 1 is 0.245 bits per heavy atom. The maximum Gasteiger partial charge on any atom is 0.0468 e. The number of hydrogen-bond donors (Lipinski definition) is 0. The van der Waals surface area contributed by atoms with E-state index in [1.54, 1.807) is 0 Å². The number of benzene rings is 9. The van der Waals surface area contributed by atoms with Crippen molar-refractivity contribution in [3.8, 4) is 33.4 Å². The van der Waals surface area contributed by atoms with Crippen molar-refractivity contribution in [3.63, 3.8) is 0 Å². The van der Waals surface area contributed by atoms with Crippen molar-refractivity contribution in [2.75, 3.05) is 4.90 Å². The van der Waals surface area contributed by atoms with Crippen LogP contribution in [-0.2, 0) is 0 Å². The van der Waals surface area contributed by atoms with Gasteiger partial charge in [0.05, 0.1) is 0 Å². The lowest BCUT2D eigenvalue weighted by atomic mass is 9.87. The van der Waals surface area contributed by atoms with Crippen LogP contribution >= 0.6 is 0 Å². The minimum Gasteiger partial charge on any atom is -0.310 e. The summed E-state index contributed by atoms with van der Waals surface area (Å²) in [6.07, 6.45) is 0. The maximum atomic E-state index is 2.42. The van der Waals surface area contributed by atoms with E-state index in [2.05, 4.69) is 205 Å². The molecular weight excluding hydrogens is 591 g/mol. The number of anilines is 3. The lowest BCUT2D eigenvalue weighted by Gasteiger charge is -2.27. The van der Waals surface area contributed by atoms with Gasteiger partial charge in [-0.15, -0.1) is 0 Å². The van der Waals surface area contributed by atoms with Crippen molar-refractivity contribution >= 4 is 49.4 Å². The molecule has 0 aliphatic heterocycles. The largest absolute Gasteiger partial charge is 0.310 e. The van der Waals surface area contributed by atoms with Gasteiger partial charge in [-0.3, -0.25) is 0 Å². The second kappa shape index (κ2) is 12.3. The summed E-state index contributed by atoms with van der Waals surface area (Å²) < 4.78 is 0. The molecule has 1 heteroatoms. The Hall–Kier alpha value is -6.44. The van der Waals surface area contributed by atoms with Gasteiger partial charge in [0.15, 0.2) is 0 Å². The van der Waals surface area contributed by atoms with E-state index >= 15 is 0 Å². The van der Waals surface area contributed by atoms with Gasteiger partial charge in [-0.2, -0.15) is 0 Å². The van der Waals surface area contributed by atoms with Crippen molar-refractivity contribution < 1.29 is 0 Å². The Morgan fingerprint density at radius 2 is 0.776 bits per heavy atom. The third-order valence-corrected chi connectivity index (χ3v) is 9.65. The van der Waals surface area contributed by atoms with E-state index < -0.39 is 0 Å². The standard InChI is InChI=1S/C48H33N/c1-4-14-34(15-5-1)35-24-27-39(28-25-35)49(38-19-8-3-9-20-38)40-29-31-45(46(32-40)36-16-6-2-7-17-36)48-33-47-41-21-11-10-18-37(41)26-30-44(47)42-22-12-13-23-43(42)48/h1-33H. The highest BCUT2D eigenvalue weighted by molar-refractivity contribution is 6.21. The third-order valence-electron chi connectivity index (χ3n) is 9.65. The lowest BCUT2D eigenvalue weighted by Crippen LogP contribution is -2.10. The van der Waals surface area contributed by atoms with Crippen LogP contribution in [-0.4, -0.2) is 0 Å². The minimum atomic E-state index is 1.11. The van der Waals surface area contributed by atoms with Crippen LogP contribution in [0.1, 0.15) is 0 Å². The third kappa shape index (κ3) is 5.23. The second-order valence-electron chi connectivity index (χ2n) is 12.5. The molecule has 0 aliphatic rings. The van der Waals surface area contributed by atoms with E-state index in [0.29, 0.717) is 0 Å². The van der Waals surface area contributed by atoms with E-state index in [1.807, 2.05) is 0 Å². The number of fused-ring (bicyclic) bond motifs is 5. The van der Waals surface area contributed by atoms with Gasteiger partial charge in [-0.1, -0.05) is 158 Å². The van der Waals surface area contributed by atoms with E-state index in [0.717, 1.165) is 17.1 Å². The van der Waals surface area contributed by atoms with Crippen molar-refractivity contribution in [3.05, 3.63) is 200 Å². The summed E-state index contributed by atoms with van der Waals surface area (Å²) in [6, 6.07) is 72.4. The Labute approximate surface area is 287 Å². The molecule has 9 rings (SSSR count). The molecule has 0 fully saturated rings. The second-order valence-corrected chi connectivity index (χ2v) is 12.5. The van der Waals surface area contributed by atoms with Crippen LogP contribution in [0.3, 0.4) is 0 Å². The molecule has 0 spiro atoms. The molecule has 9 aromatic carbocycles. The van der Waals surface area contributed by atoms with Crippen LogP contribution in [0.25, 0.3) is 65.7 Å². The average molecular weight is 624 g/mol. The van der Waals surface area contributed by atoms with Gasteiger partial charge in [-0.05, 0) is 108 Å². The highest BCUT2D eigenvalue weighted by Crippen LogP contribution is 2.44. The number of rotatable bonds is 6. The molecule has 0 aliphatic carbocycles. The molecule has 9 aromatic rings. The van der Waals surface area contributed by atoms with Crippen LogP contribution < -0.4 is 4.90 Å². The van der Waals surface area contributed by atoms with Gasteiger partial charge in [-0.25, -0.2) is 0 Å². The monoisotopic (exact) mass is 623 g/mol. The molecule has 0 aromatic heterocycles. The van der Waals surface area contributed by atoms with Gasteiger partial charge in [0.25, 0.3) is 0 Å². The Morgan fingerprint density at radius 3 is 1.51 bits per heavy atom. The Kier molecular flexibility index (Phi) is 7.22. The summed E-state index contributed by atoms with van der Waals surface area (Å²) in [7, 11) is 0. The maximum absolute atomic E-state index is 2.42. The van der Waals surface area contributed by atoms with Gasteiger partial charge >= 0.3 is 0 Å². The van der Waals surface area contributed by atoms with Crippen molar-refractivity contribution in [2.24, 2.45) is 0 Å². The molecule has 1 nitrogen and oxygen atoms in total. The van der Waals surface area contributed by atoms with Gasteiger partial charge in [0.1, 0.15) is 0 Å². The SMILES string of the molecule is c1ccc(-c2ccc(N(c3ccccc3)c3ccc(-c4cc5c6ccccc6ccc5c5ccccc45)c(-c4ccccc4)c3)cc2)cc1. The van der Waals surface area contributed by atoms with Crippen LogP contribution in [0.4, 0.5) is 17.1 Å². The first kappa shape index (κ1) is 28.8. The summed E-state index contributed by atoms with van der Waals surface area (Å²) in [5.41, 5.74) is 10.6. The van der Waals surface area contributed by atoms with Crippen LogP contribution in [0.15, 0.2) is 200 Å². The normalized spacial score (nSPS) is 11.3. The highest BCUT2D eigenvalue weighted by atomic mass is 15.1. The summed E-state index contributed by atoms with van der Waals surface area (Å²) in [6.45, 7) is 0. The van der Waals surface area contributed by atoms with Gasteiger partial charge < -0.3 is 4.90 Å². The molecule has 0 amide bonds. The van der Waals surface area contributed by atoms with E-state index in [1.165, 1.54) is 65.7 Å². The highest BCUT2D eigenvalue weighted by Gasteiger charge is 2.19. The van der Waals surface area contributed by atoms with Crippen LogP contribution in [0.5, 0.6) is 0 Å². The summed E-state index contributed by atoms with van der Waals surface area (Å²) in [4.78, 5) is 2.36. The first-order valence-corrected chi connectivity index (χ1v) is 16.9. The zero-order valence-electron chi connectivity index (χ0n) is 27.0. The van der Waals surface area contributed by atoms with Gasteiger partial charge in [0.2, 0.25) is 0 Å². The predicted octanol–water partition coefficient (Wildman–Crippen LogP) is 13.6. The smallest absolute Gasteiger partial charge is 0.0468 e. The Balaban J connectivity index is 1.27. The molecule has 0 unspecified atom stereocenters. The Bertz CT molecular complexity index is 2570. The number of nitrogens with zero attached hydrogens (tertiary/aromatic N) is 1. The summed E-state index contributed by atoms with van der Waals surface area (Å²) >= 11 is 0. The molecule has 49 heavy (non-hydrogen) atoms. The van der Waals surface area contributed by atoms with E-state index in [9.17, 15) is 0 Å². The molecule has 0 heterocycles. The fourth-order valence-corrected chi connectivity index (χ4v) is 7.30. The van der Waals surface area contributed by atoms with Crippen LogP contribution in [0, 0.1) is 0 Å². The molecule has 0 saturated heterocycles. The zero-order valence-corrected chi connectivity index (χ0v) is 27.0. The van der Waals surface area contributed by atoms with Crippen molar-refractivity contribution in [1.82, 2.24) is 0 Å². The minimum absolute atomic E-state index is 1.11. The molecular formula is C48H33N. The molecule has 230 valence electrons. The molecule has 0 bridgehead atoms. The van der Waals surface area contributed by atoms with E-state index in [-0.39, 0.29) is 0 Å². The zero-order chi connectivity index (χ0) is 32.6. The summed E-state index contributed by atoms with van der Waals surface area (Å²) in [5, 5.41) is 7.62. The molecule has 0 atom stereocenters.